The van der Waals surface area contributed by atoms with Gasteiger partial charge in [0.25, 0.3) is 0 Å². The number of rotatable bonds is 0. The maximum Gasteiger partial charge on any atom is 0.0377 e. The van der Waals surface area contributed by atoms with Crippen molar-refractivity contribution >= 4 is 0 Å². The quantitative estimate of drug-likeness (QED) is 0.496. The molecule has 0 unspecified atom stereocenters. The predicted molar refractivity (Wildman–Crippen MR) is 33.5 cm³/mol. The molecule has 0 atom stereocenters. The lowest BCUT2D eigenvalue weighted by Crippen LogP contribution is -2.31. The maximum atomic E-state index is 3.33. The predicted octanol–water partition coefficient (Wildman–Crippen LogP) is 1.42. The molecule has 1 aliphatic heterocycles. The Bertz CT molecular complexity index is 119. The summed E-state index contributed by atoms with van der Waals surface area (Å²) in [5.74, 6) is 0. The number of allylic oxidation sites excluding steroid dienone is 1. The van der Waals surface area contributed by atoms with Crippen molar-refractivity contribution < 1.29 is 0 Å². The minimum Gasteiger partial charge on any atom is -0.385 e. The minimum absolute atomic E-state index is 1.19. The van der Waals surface area contributed by atoms with Gasteiger partial charge in [-0.05, 0) is 31.3 Å². The molecule has 0 aromatic heterocycles. The second-order valence-corrected chi connectivity index (χ2v) is 2.64. The van der Waals surface area contributed by atoms with Gasteiger partial charge in [0.15, 0.2) is 0 Å². The van der Waals surface area contributed by atoms with Crippen molar-refractivity contribution in [1.29, 1.82) is 0 Å². The van der Waals surface area contributed by atoms with Gasteiger partial charge in [0.2, 0.25) is 0 Å². The molecule has 0 amide bonds. The second-order valence-electron chi connectivity index (χ2n) is 2.64. The smallest absolute Gasteiger partial charge is 0.0377 e. The van der Waals surface area contributed by atoms with E-state index in [4.69, 9.17) is 0 Å². The van der Waals surface area contributed by atoms with E-state index in [1.807, 2.05) is 0 Å². The molecule has 1 nitrogen and oxygen atoms in total. The molecule has 0 saturated carbocycles. The van der Waals surface area contributed by atoms with Gasteiger partial charge in [-0.3, -0.25) is 0 Å². The highest BCUT2D eigenvalue weighted by Gasteiger charge is 2.18. The number of nitrogens with one attached hydrogen (secondary N) is 1. The lowest BCUT2D eigenvalue weighted by atomic mass is 9.91. The summed E-state index contributed by atoms with van der Waals surface area (Å²) in [6, 6.07) is 0. The van der Waals surface area contributed by atoms with Gasteiger partial charge in [-0.2, -0.15) is 0 Å². The van der Waals surface area contributed by atoms with Crippen molar-refractivity contribution in [2.45, 2.75) is 25.7 Å². The SMILES string of the molecule is C1CCC2=C(C1)CN2. The number of hydrogen-bond acceptors (Lipinski definition) is 1. The Kier molecular flexibility index (Phi) is 0.833. The summed E-state index contributed by atoms with van der Waals surface area (Å²) in [6.07, 6.45) is 5.55. The van der Waals surface area contributed by atoms with Crippen molar-refractivity contribution in [2.75, 3.05) is 6.54 Å². The topological polar surface area (TPSA) is 12.0 Å². The highest BCUT2D eigenvalue weighted by molar-refractivity contribution is 5.25. The van der Waals surface area contributed by atoms with Crippen LogP contribution in [0.25, 0.3) is 0 Å². The highest BCUT2D eigenvalue weighted by atomic mass is 14.9. The van der Waals surface area contributed by atoms with Crippen LogP contribution in [-0.2, 0) is 0 Å². The minimum atomic E-state index is 1.19. The fourth-order valence-corrected chi connectivity index (χ4v) is 1.48. The van der Waals surface area contributed by atoms with E-state index >= 15 is 0 Å². The Balaban J connectivity index is 2.18. The van der Waals surface area contributed by atoms with Gasteiger partial charge in [-0.1, -0.05) is 0 Å². The molecule has 1 heterocycles. The van der Waals surface area contributed by atoms with Crippen molar-refractivity contribution in [2.24, 2.45) is 0 Å². The lowest BCUT2D eigenvalue weighted by molar-refractivity contribution is 0.554. The maximum absolute atomic E-state index is 3.33. The summed E-state index contributed by atoms with van der Waals surface area (Å²) in [7, 11) is 0. The standard InChI is InChI=1S/C7H11N/c1-2-4-7-6(3-1)5-8-7/h8H,1-5H2. The summed E-state index contributed by atoms with van der Waals surface area (Å²) in [4.78, 5) is 0. The van der Waals surface area contributed by atoms with Crippen LogP contribution in [0.1, 0.15) is 25.7 Å². The van der Waals surface area contributed by atoms with Crippen LogP contribution < -0.4 is 5.32 Å². The van der Waals surface area contributed by atoms with Gasteiger partial charge in [-0.15, -0.1) is 0 Å². The van der Waals surface area contributed by atoms with E-state index in [0.717, 1.165) is 0 Å². The van der Waals surface area contributed by atoms with Crippen LogP contribution in [0.2, 0.25) is 0 Å². The fourth-order valence-electron chi connectivity index (χ4n) is 1.48. The van der Waals surface area contributed by atoms with Crippen LogP contribution in [0.5, 0.6) is 0 Å². The second kappa shape index (κ2) is 1.51. The monoisotopic (exact) mass is 109 g/mol. The van der Waals surface area contributed by atoms with E-state index in [1.165, 1.54) is 32.2 Å². The highest BCUT2D eigenvalue weighted by Crippen LogP contribution is 2.27. The summed E-state index contributed by atoms with van der Waals surface area (Å²) >= 11 is 0. The van der Waals surface area contributed by atoms with Crippen LogP contribution in [0.3, 0.4) is 0 Å². The molecule has 1 heteroatoms. The van der Waals surface area contributed by atoms with E-state index in [0.29, 0.717) is 0 Å². The van der Waals surface area contributed by atoms with Gasteiger partial charge in [-0.25, -0.2) is 0 Å². The zero-order valence-electron chi connectivity index (χ0n) is 5.04. The first kappa shape index (κ1) is 4.42. The molecule has 0 radical (unpaired) electrons. The van der Waals surface area contributed by atoms with E-state index in [1.54, 1.807) is 11.3 Å². The van der Waals surface area contributed by atoms with Crippen LogP contribution >= 0.6 is 0 Å². The van der Waals surface area contributed by atoms with Crippen molar-refractivity contribution in [1.82, 2.24) is 5.32 Å². The largest absolute Gasteiger partial charge is 0.385 e. The first-order chi connectivity index (χ1) is 3.97. The van der Waals surface area contributed by atoms with Gasteiger partial charge < -0.3 is 5.32 Å². The average molecular weight is 109 g/mol. The summed E-state index contributed by atoms with van der Waals surface area (Å²) in [6.45, 7) is 1.19. The molecule has 44 valence electrons. The molecular weight excluding hydrogens is 98.1 g/mol. The molecular formula is C7H11N. The third kappa shape index (κ3) is 0.473. The van der Waals surface area contributed by atoms with Crippen molar-refractivity contribution in [3.05, 3.63) is 11.3 Å². The summed E-state index contributed by atoms with van der Waals surface area (Å²) in [5, 5.41) is 3.33. The molecule has 0 spiro atoms. The van der Waals surface area contributed by atoms with E-state index < -0.39 is 0 Å². The third-order valence-electron chi connectivity index (χ3n) is 2.10. The van der Waals surface area contributed by atoms with E-state index in [-0.39, 0.29) is 0 Å². The fraction of sp³-hybridized carbons (Fsp3) is 0.714. The van der Waals surface area contributed by atoms with Gasteiger partial charge >= 0.3 is 0 Å². The molecule has 1 N–H and O–H groups in total. The first-order valence-electron chi connectivity index (χ1n) is 3.41. The van der Waals surface area contributed by atoms with Crippen LogP contribution in [-0.4, -0.2) is 6.54 Å². The number of hydrogen-bond donors (Lipinski definition) is 1. The lowest BCUT2D eigenvalue weighted by Gasteiger charge is -2.30. The van der Waals surface area contributed by atoms with Crippen LogP contribution in [0.15, 0.2) is 11.3 Å². The Labute approximate surface area is 49.8 Å². The van der Waals surface area contributed by atoms with Crippen molar-refractivity contribution in [3.8, 4) is 0 Å². The summed E-state index contributed by atoms with van der Waals surface area (Å²) in [5.41, 5.74) is 3.27. The Morgan fingerprint density at radius 3 is 2.38 bits per heavy atom. The Hall–Kier alpha value is -0.460. The molecule has 0 aromatic rings. The molecule has 0 fully saturated rings. The molecule has 1 aliphatic carbocycles. The van der Waals surface area contributed by atoms with Crippen LogP contribution in [0, 0.1) is 0 Å². The molecule has 2 rings (SSSR count). The van der Waals surface area contributed by atoms with Gasteiger partial charge in [0.1, 0.15) is 0 Å². The normalized spacial score (nSPS) is 26.0. The molecule has 8 heavy (non-hydrogen) atoms. The summed E-state index contributed by atoms with van der Waals surface area (Å²) < 4.78 is 0. The van der Waals surface area contributed by atoms with Crippen molar-refractivity contribution in [3.63, 3.8) is 0 Å². The Morgan fingerprint density at radius 1 is 1.12 bits per heavy atom. The zero-order valence-corrected chi connectivity index (χ0v) is 5.04. The first-order valence-corrected chi connectivity index (χ1v) is 3.41. The van der Waals surface area contributed by atoms with Gasteiger partial charge in [0.05, 0.1) is 0 Å². The van der Waals surface area contributed by atoms with Gasteiger partial charge in [0, 0.05) is 12.2 Å². The molecule has 2 aliphatic rings. The molecule has 0 saturated heterocycles. The average Bonchev–Trinajstić information content (AvgIpc) is 1.72. The van der Waals surface area contributed by atoms with E-state index in [9.17, 15) is 0 Å². The van der Waals surface area contributed by atoms with Crippen LogP contribution in [0.4, 0.5) is 0 Å². The zero-order chi connectivity index (χ0) is 5.40. The molecule has 0 aromatic carbocycles. The Morgan fingerprint density at radius 2 is 2.00 bits per heavy atom. The third-order valence-corrected chi connectivity index (χ3v) is 2.10. The molecule has 0 bridgehead atoms. The van der Waals surface area contributed by atoms with E-state index in [2.05, 4.69) is 5.32 Å².